The van der Waals surface area contributed by atoms with Gasteiger partial charge in [0, 0.05) is 5.92 Å². The van der Waals surface area contributed by atoms with Crippen molar-refractivity contribution in [1.82, 2.24) is 0 Å². The van der Waals surface area contributed by atoms with Crippen molar-refractivity contribution < 1.29 is 0 Å². The number of hydrogen-bond acceptors (Lipinski definition) is 0. The number of hydrogen-bond donors (Lipinski definition) is 0. The maximum absolute atomic E-state index is 2.27. The lowest BCUT2D eigenvalue weighted by molar-refractivity contribution is 0.922. The first kappa shape index (κ1) is 14.6. The van der Waals surface area contributed by atoms with Crippen molar-refractivity contribution in [1.29, 1.82) is 0 Å². The third-order valence-corrected chi connectivity index (χ3v) is 4.01. The molecule has 0 amide bonds. The minimum atomic E-state index is 0.361. The minimum absolute atomic E-state index is 0.361. The highest BCUT2D eigenvalue weighted by atomic mass is 14.2. The summed E-state index contributed by atoms with van der Waals surface area (Å²) in [5.41, 5.74) is 5.29. The molecule has 0 heterocycles. The Kier molecular flexibility index (Phi) is 4.39. The number of rotatable bonds is 4. The van der Waals surface area contributed by atoms with E-state index in [2.05, 4.69) is 98.8 Å². The van der Waals surface area contributed by atoms with Crippen LogP contribution in [-0.2, 0) is 0 Å². The van der Waals surface area contributed by atoms with Crippen molar-refractivity contribution >= 4 is 5.57 Å². The molecule has 2 aromatic rings. The molecule has 0 spiro atoms. The van der Waals surface area contributed by atoms with Gasteiger partial charge in [0.05, 0.1) is 0 Å². The molecule has 109 valence electrons. The van der Waals surface area contributed by atoms with Crippen molar-refractivity contribution in [3.8, 4) is 0 Å². The molecule has 1 aliphatic rings. The summed E-state index contributed by atoms with van der Waals surface area (Å²) in [5.74, 6) is 1.73. The summed E-state index contributed by atoms with van der Waals surface area (Å²) in [5, 5.41) is 0. The number of allylic oxidation sites excluding steroid dienone is 5. The van der Waals surface area contributed by atoms with Crippen LogP contribution >= 0.6 is 0 Å². The van der Waals surface area contributed by atoms with E-state index in [9.17, 15) is 0 Å². The lowest BCUT2D eigenvalue weighted by atomic mass is 9.81. The first-order chi connectivity index (χ1) is 10.8. The van der Waals surface area contributed by atoms with Crippen LogP contribution in [-0.4, -0.2) is 0 Å². The Hall–Kier alpha value is -2.34. The van der Waals surface area contributed by atoms with Gasteiger partial charge in [-0.2, -0.15) is 0 Å². The van der Waals surface area contributed by atoms with Crippen molar-refractivity contribution in [3.63, 3.8) is 0 Å². The fraction of sp³-hybridized carbons (Fsp3) is 0.136. The molecule has 0 aliphatic heterocycles. The van der Waals surface area contributed by atoms with E-state index in [-0.39, 0.29) is 0 Å². The van der Waals surface area contributed by atoms with Gasteiger partial charge in [0.15, 0.2) is 0 Å². The van der Waals surface area contributed by atoms with E-state index >= 15 is 0 Å². The predicted octanol–water partition coefficient (Wildman–Crippen LogP) is 5.84. The highest BCUT2D eigenvalue weighted by molar-refractivity contribution is 5.84. The van der Waals surface area contributed by atoms with Crippen LogP contribution in [0.5, 0.6) is 0 Å². The molecular weight excluding hydrogens is 264 g/mol. The van der Waals surface area contributed by atoms with Gasteiger partial charge >= 0.3 is 0 Å². The monoisotopic (exact) mass is 285 g/mol. The largest absolute Gasteiger partial charge is 0.0735 e. The van der Waals surface area contributed by atoms with Crippen LogP contribution in [0.25, 0.3) is 5.57 Å². The van der Waals surface area contributed by atoms with E-state index in [1.807, 2.05) is 0 Å². The zero-order chi connectivity index (χ0) is 15.4. The maximum atomic E-state index is 2.27. The fourth-order valence-corrected chi connectivity index (χ4v) is 3.06. The molecule has 0 saturated carbocycles. The molecule has 0 atom stereocenters. The Morgan fingerprint density at radius 3 is 1.55 bits per heavy atom. The van der Waals surface area contributed by atoms with Gasteiger partial charge in [0.1, 0.15) is 0 Å². The van der Waals surface area contributed by atoms with Gasteiger partial charge in [0.25, 0.3) is 0 Å². The second-order valence-electron chi connectivity index (χ2n) is 5.82. The lowest BCUT2D eigenvalue weighted by Crippen LogP contribution is -2.07. The van der Waals surface area contributed by atoms with Gasteiger partial charge in [-0.25, -0.2) is 0 Å². The second-order valence-corrected chi connectivity index (χ2v) is 5.82. The lowest BCUT2D eigenvalue weighted by Gasteiger charge is -2.22. The summed E-state index contributed by atoms with van der Waals surface area (Å²) in [6.07, 6.45) is 8.82. The Morgan fingerprint density at radius 2 is 1.14 bits per heavy atom. The molecule has 22 heavy (non-hydrogen) atoms. The first-order valence-electron chi connectivity index (χ1n) is 7.78. The SMILES string of the molecule is C[C](C)C(=C(c1ccccc1)c1ccccc1)C1C=CC=C1. The van der Waals surface area contributed by atoms with E-state index in [0.717, 1.165) is 0 Å². The first-order valence-corrected chi connectivity index (χ1v) is 7.78. The van der Waals surface area contributed by atoms with Gasteiger partial charge in [0.2, 0.25) is 0 Å². The molecule has 0 nitrogen and oxygen atoms in total. The summed E-state index contributed by atoms with van der Waals surface area (Å²) in [6.45, 7) is 4.42. The third-order valence-electron chi connectivity index (χ3n) is 4.01. The standard InChI is InChI=1S/C22H21/c1-17(2)21(18-15-9-10-16-18)22(19-11-5-3-6-12-19)20-13-7-4-8-14-20/h3-16,18H,1-2H3. The van der Waals surface area contributed by atoms with Gasteiger partial charge in [-0.05, 0) is 28.2 Å². The van der Waals surface area contributed by atoms with E-state index in [1.165, 1.54) is 28.2 Å². The zero-order valence-corrected chi connectivity index (χ0v) is 13.2. The van der Waals surface area contributed by atoms with Crippen molar-refractivity contribution in [3.05, 3.63) is 108 Å². The molecular formula is C22H21. The molecule has 0 N–H and O–H groups in total. The molecule has 0 saturated heterocycles. The third kappa shape index (κ3) is 2.96. The van der Waals surface area contributed by atoms with E-state index in [4.69, 9.17) is 0 Å². The van der Waals surface area contributed by atoms with Gasteiger partial charge in [-0.15, -0.1) is 0 Å². The second kappa shape index (κ2) is 6.62. The minimum Gasteiger partial charge on any atom is -0.0735 e. The fourth-order valence-electron chi connectivity index (χ4n) is 3.06. The van der Waals surface area contributed by atoms with Crippen LogP contribution in [0.2, 0.25) is 0 Å². The summed E-state index contributed by atoms with van der Waals surface area (Å²) in [6, 6.07) is 21.4. The molecule has 3 rings (SSSR count). The molecule has 1 radical (unpaired) electrons. The van der Waals surface area contributed by atoms with E-state index < -0.39 is 0 Å². The molecule has 2 aromatic carbocycles. The Morgan fingerprint density at radius 1 is 0.682 bits per heavy atom. The van der Waals surface area contributed by atoms with Crippen molar-refractivity contribution in [2.75, 3.05) is 0 Å². The van der Waals surface area contributed by atoms with Crippen LogP contribution < -0.4 is 0 Å². The Balaban J connectivity index is 2.25. The topological polar surface area (TPSA) is 0 Å². The summed E-state index contributed by atoms with van der Waals surface area (Å²) < 4.78 is 0. The summed E-state index contributed by atoms with van der Waals surface area (Å²) in [7, 11) is 0. The molecule has 0 bridgehead atoms. The highest BCUT2D eigenvalue weighted by Gasteiger charge is 2.21. The Bertz CT molecular complexity index is 647. The smallest absolute Gasteiger partial charge is 0.0178 e. The normalized spacial score (nSPS) is 13.8. The summed E-state index contributed by atoms with van der Waals surface area (Å²) >= 11 is 0. The van der Waals surface area contributed by atoms with Gasteiger partial charge < -0.3 is 0 Å². The molecule has 0 fully saturated rings. The van der Waals surface area contributed by atoms with E-state index in [1.54, 1.807) is 0 Å². The van der Waals surface area contributed by atoms with Gasteiger partial charge in [-0.1, -0.05) is 98.8 Å². The molecule has 1 aliphatic carbocycles. The highest BCUT2D eigenvalue weighted by Crippen LogP contribution is 2.37. The van der Waals surface area contributed by atoms with Crippen LogP contribution in [0.3, 0.4) is 0 Å². The van der Waals surface area contributed by atoms with Crippen LogP contribution in [0.15, 0.2) is 90.5 Å². The molecule has 0 unspecified atom stereocenters. The zero-order valence-electron chi connectivity index (χ0n) is 13.2. The van der Waals surface area contributed by atoms with Crippen molar-refractivity contribution in [2.24, 2.45) is 5.92 Å². The molecule has 0 heteroatoms. The van der Waals surface area contributed by atoms with Gasteiger partial charge in [-0.3, -0.25) is 0 Å². The maximum Gasteiger partial charge on any atom is 0.0178 e. The quantitative estimate of drug-likeness (QED) is 0.661. The average molecular weight is 285 g/mol. The Labute approximate surface area is 133 Å². The van der Waals surface area contributed by atoms with Crippen LogP contribution in [0.1, 0.15) is 25.0 Å². The van der Waals surface area contributed by atoms with Crippen molar-refractivity contribution in [2.45, 2.75) is 13.8 Å². The summed E-state index contributed by atoms with van der Waals surface area (Å²) in [4.78, 5) is 0. The number of benzene rings is 2. The average Bonchev–Trinajstić information content (AvgIpc) is 3.07. The van der Waals surface area contributed by atoms with Crippen LogP contribution in [0.4, 0.5) is 0 Å². The molecule has 0 aromatic heterocycles. The predicted molar refractivity (Wildman–Crippen MR) is 95.3 cm³/mol. The van der Waals surface area contributed by atoms with Crippen LogP contribution in [0, 0.1) is 11.8 Å². The van der Waals surface area contributed by atoms with E-state index in [0.29, 0.717) is 5.92 Å².